The quantitative estimate of drug-likeness (QED) is 0.730. The van der Waals surface area contributed by atoms with Crippen LogP contribution in [-0.4, -0.2) is 21.9 Å². The first-order valence-electron chi connectivity index (χ1n) is 4.05. The van der Waals surface area contributed by atoms with Crippen LogP contribution in [0, 0.1) is 5.82 Å². The van der Waals surface area contributed by atoms with Crippen LogP contribution in [0.4, 0.5) is 4.39 Å². The third-order valence-electron chi connectivity index (χ3n) is 1.98. The molecule has 1 aromatic heterocycles. The standard InChI is InChI=1S/C9H9FN2O/c10-7-3-1-2-6-8(4-5-13)11-12-9(6)7/h1-3,13H,4-5H2,(H,11,12). The lowest BCUT2D eigenvalue weighted by Crippen LogP contribution is -1.90. The summed E-state index contributed by atoms with van der Waals surface area (Å²) in [6.07, 6.45) is 0.472. The van der Waals surface area contributed by atoms with Crippen LogP contribution in [-0.2, 0) is 6.42 Å². The highest BCUT2D eigenvalue weighted by molar-refractivity contribution is 5.81. The van der Waals surface area contributed by atoms with Gasteiger partial charge in [0.2, 0.25) is 0 Å². The molecule has 0 saturated carbocycles. The highest BCUT2D eigenvalue weighted by Gasteiger charge is 2.07. The van der Waals surface area contributed by atoms with Crippen molar-refractivity contribution in [3.05, 3.63) is 29.7 Å². The summed E-state index contributed by atoms with van der Waals surface area (Å²) in [6, 6.07) is 4.78. The Kier molecular flexibility index (Phi) is 1.98. The molecule has 0 bridgehead atoms. The molecule has 0 saturated heterocycles. The monoisotopic (exact) mass is 180 g/mol. The van der Waals surface area contributed by atoms with Crippen LogP contribution < -0.4 is 0 Å². The van der Waals surface area contributed by atoms with Gasteiger partial charge in [0, 0.05) is 24.1 Å². The zero-order valence-electron chi connectivity index (χ0n) is 6.92. The second-order valence-electron chi connectivity index (χ2n) is 2.81. The number of aliphatic hydroxyl groups is 1. The Balaban J connectivity index is 2.61. The van der Waals surface area contributed by atoms with E-state index in [1.54, 1.807) is 12.1 Å². The molecule has 3 nitrogen and oxygen atoms in total. The van der Waals surface area contributed by atoms with E-state index < -0.39 is 0 Å². The third-order valence-corrected chi connectivity index (χ3v) is 1.98. The molecule has 4 heteroatoms. The number of nitrogens with zero attached hydrogens (tertiary/aromatic N) is 1. The molecule has 0 fully saturated rings. The number of para-hydroxylation sites is 1. The number of H-pyrrole nitrogens is 1. The van der Waals surface area contributed by atoms with E-state index in [2.05, 4.69) is 10.2 Å². The molecule has 2 N–H and O–H groups in total. The number of nitrogens with one attached hydrogen (secondary N) is 1. The second-order valence-corrected chi connectivity index (χ2v) is 2.81. The fourth-order valence-electron chi connectivity index (χ4n) is 1.36. The van der Waals surface area contributed by atoms with Crippen LogP contribution in [0.15, 0.2) is 18.2 Å². The van der Waals surface area contributed by atoms with Crippen LogP contribution in [0.3, 0.4) is 0 Å². The van der Waals surface area contributed by atoms with Gasteiger partial charge in [-0.1, -0.05) is 12.1 Å². The van der Waals surface area contributed by atoms with Crippen LogP contribution in [0.5, 0.6) is 0 Å². The van der Waals surface area contributed by atoms with Gasteiger partial charge in [-0.2, -0.15) is 5.10 Å². The van der Waals surface area contributed by atoms with E-state index in [4.69, 9.17) is 5.11 Å². The second kappa shape index (κ2) is 3.14. The van der Waals surface area contributed by atoms with Crippen LogP contribution >= 0.6 is 0 Å². The van der Waals surface area contributed by atoms with Crippen molar-refractivity contribution in [3.8, 4) is 0 Å². The summed E-state index contributed by atoms with van der Waals surface area (Å²) in [7, 11) is 0. The van der Waals surface area contributed by atoms with Crippen molar-refractivity contribution in [2.75, 3.05) is 6.61 Å². The number of aromatic amines is 1. The van der Waals surface area contributed by atoms with Crippen molar-refractivity contribution in [2.45, 2.75) is 6.42 Å². The van der Waals surface area contributed by atoms with E-state index in [0.29, 0.717) is 11.9 Å². The maximum absolute atomic E-state index is 13.1. The summed E-state index contributed by atoms with van der Waals surface area (Å²) < 4.78 is 13.1. The normalized spacial score (nSPS) is 10.9. The lowest BCUT2D eigenvalue weighted by molar-refractivity contribution is 0.298. The van der Waals surface area contributed by atoms with Gasteiger partial charge in [-0.05, 0) is 6.07 Å². The Morgan fingerprint density at radius 1 is 1.46 bits per heavy atom. The summed E-state index contributed by atoms with van der Waals surface area (Å²) in [5.74, 6) is -0.335. The van der Waals surface area contributed by atoms with Crippen molar-refractivity contribution in [2.24, 2.45) is 0 Å². The molecular formula is C9H9FN2O. The molecule has 0 aliphatic rings. The third kappa shape index (κ3) is 1.29. The maximum Gasteiger partial charge on any atom is 0.151 e. The van der Waals surface area contributed by atoms with Crippen LogP contribution in [0.2, 0.25) is 0 Å². The largest absolute Gasteiger partial charge is 0.396 e. The number of hydrogen-bond donors (Lipinski definition) is 2. The van der Waals surface area contributed by atoms with Gasteiger partial charge in [0.05, 0.1) is 0 Å². The smallest absolute Gasteiger partial charge is 0.151 e. The van der Waals surface area contributed by atoms with Crippen molar-refractivity contribution < 1.29 is 9.50 Å². The van der Waals surface area contributed by atoms with E-state index in [9.17, 15) is 4.39 Å². The van der Waals surface area contributed by atoms with Gasteiger partial charge in [-0.25, -0.2) is 4.39 Å². The lowest BCUT2D eigenvalue weighted by Gasteiger charge is -1.93. The number of benzene rings is 1. The van der Waals surface area contributed by atoms with Crippen LogP contribution in [0.25, 0.3) is 10.9 Å². The maximum atomic E-state index is 13.1. The van der Waals surface area contributed by atoms with Gasteiger partial charge < -0.3 is 5.11 Å². The first-order valence-corrected chi connectivity index (χ1v) is 4.05. The van der Waals surface area contributed by atoms with Gasteiger partial charge in [-0.3, -0.25) is 5.10 Å². The van der Waals surface area contributed by atoms with Gasteiger partial charge in [0.15, 0.2) is 5.82 Å². The van der Waals surface area contributed by atoms with E-state index in [0.717, 1.165) is 11.1 Å². The Labute approximate surface area is 74.2 Å². The lowest BCUT2D eigenvalue weighted by atomic mass is 10.2. The van der Waals surface area contributed by atoms with Gasteiger partial charge in [0.1, 0.15) is 5.52 Å². The SMILES string of the molecule is OCCc1[nH]nc2c(F)cccc12. The van der Waals surface area contributed by atoms with E-state index in [-0.39, 0.29) is 12.4 Å². The van der Waals surface area contributed by atoms with E-state index in [1.807, 2.05) is 0 Å². The molecule has 0 unspecified atom stereocenters. The summed E-state index contributed by atoms with van der Waals surface area (Å²) in [6.45, 7) is 0.0355. The number of fused-ring (bicyclic) bond motifs is 1. The molecule has 0 amide bonds. The molecule has 68 valence electrons. The molecule has 0 aliphatic heterocycles. The first kappa shape index (κ1) is 8.19. The predicted octanol–water partition coefficient (Wildman–Crippen LogP) is 1.24. The van der Waals surface area contributed by atoms with Gasteiger partial charge in [-0.15, -0.1) is 0 Å². The van der Waals surface area contributed by atoms with Gasteiger partial charge in [0.25, 0.3) is 0 Å². The number of halogens is 1. The summed E-state index contributed by atoms with van der Waals surface area (Å²) in [5, 5.41) is 16.0. The average Bonchev–Trinajstić information content (AvgIpc) is 2.51. The van der Waals surface area contributed by atoms with Crippen molar-refractivity contribution in [1.29, 1.82) is 0 Å². The minimum atomic E-state index is -0.335. The Morgan fingerprint density at radius 2 is 2.31 bits per heavy atom. The minimum absolute atomic E-state index is 0.0355. The number of aromatic nitrogens is 2. The molecule has 0 spiro atoms. The molecule has 2 aromatic rings. The fourth-order valence-corrected chi connectivity index (χ4v) is 1.36. The number of hydrogen-bond acceptors (Lipinski definition) is 2. The Morgan fingerprint density at radius 3 is 3.08 bits per heavy atom. The topological polar surface area (TPSA) is 48.9 Å². The van der Waals surface area contributed by atoms with Crippen LogP contribution in [0.1, 0.15) is 5.69 Å². The highest BCUT2D eigenvalue weighted by Crippen LogP contribution is 2.18. The number of rotatable bonds is 2. The van der Waals surface area contributed by atoms with Crippen molar-refractivity contribution in [1.82, 2.24) is 10.2 Å². The zero-order valence-corrected chi connectivity index (χ0v) is 6.92. The van der Waals surface area contributed by atoms with Crippen molar-refractivity contribution in [3.63, 3.8) is 0 Å². The summed E-state index contributed by atoms with van der Waals surface area (Å²) >= 11 is 0. The molecule has 2 rings (SSSR count). The fraction of sp³-hybridized carbons (Fsp3) is 0.222. The molecule has 0 atom stereocenters. The summed E-state index contributed by atoms with van der Waals surface area (Å²) in [4.78, 5) is 0. The minimum Gasteiger partial charge on any atom is -0.396 e. The highest BCUT2D eigenvalue weighted by atomic mass is 19.1. The van der Waals surface area contributed by atoms with Gasteiger partial charge >= 0.3 is 0 Å². The zero-order chi connectivity index (χ0) is 9.26. The van der Waals surface area contributed by atoms with E-state index >= 15 is 0 Å². The molecule has 1 aromatic carbocycles. The molecule has 0 aliphatic carbocycles. The molecular weight excluding hydrogens is 171 g/mol. The first-order chi connectivity index (χ1) is 6.33. The van der Waals surface area contributed by atoms with E-state index in [1.165, 1.54) is 6.07 Å². The molecule has 1 heterocycles. The molecule has 13 heavy (non-hydrogen) atoms. The Bertz CT molecular complexity index is 424. The average molecular weight is 180 g/mol. The Hall–Kier alpha value is -1.42. The summed E-state index contributed by atoms with van der Waals surface area (Å²) in [5.41, 5.74) is 1.11. The number of aliphatic hydroxyl groups excluding tert-OH is 1. The van der Waals surface area contributed by atoms with Crippen molar-refractivity contribution >= 4 is 10.9 Å². The molecule has 0 radical (unpaired) electrons. The predicted molar refractivity (Wildman–Crippen MR) is 46.8 cm³/mol.